The van der Waals surface area contributed by atoms with Gasteiger partial charge in [-0.3, -0.25) is 9.59 Å². The van der Waals surface area contributed by atoms with Crippen molar-refractivity contribution in [2.75, 3.05) is 0 Å². The summed E-state index contributed by atoms with van der Waals surface area (Å²) in [5, 5.41) is 3.74. The molecule has 0 heterocycles. The molecule has 206 valence electrons. The molecule has 40 heavy (non-hydrogen) atoms. The topological polar surface area (TPSA) is 49.4 Å². The number of nitrogens with one attached hydrogen (secondary N) is 1. The Bertz CT molecular complexity index is 1320. The molecule has 2 amide bonds. The van der Waals surface area contributed by atoms with E-state index in [-0.39, 0.29) is 36.7 Å². The van der Waals surface area contributed by atoms with E-state index in [1.807, 2.05) is 105 Å². The number of amides is 2. The minimum atomic E-state index is -0.685. The summed E-state index contributed by atoms with van der Waals surface area (Å²) in [6.45, 7) is 4.30. The quantitative estimate of drug-likeness (QED) is 0.199. The lowest BCUT2D eigenvalue weighted by Gasteiger charge is -2.33. The highest BCUT2D eigenvalue weighted by Crippen LogP contribution is 2.30. The van der Waals surface area contributed by atoms with Crippen LogP contribution in [0.25, 0.3) is 0 Å². The monoisotopic (exact) mass is 552 g/mol. The number of nitrogens with zero attached hydrogens (tertiary/aromatic N) is 1. The van der Waals surface area contributed by atoms with Crippen LogP contribution >= 0.6 is 11.6 Å². The smallest absolute Gasteiger partial charge is 0.243 e. The van der Waals surface area contributed by atoms with Gasteiger partial charge in [0.25, 0.3) is 0 Å². The van der Waals surface area contributed by atoms with E-state index in [1.165, 1.54) is 0 Å². The Labute approximate surface area is 243 Å². The van der Waals surface area contributed by atoms with Gasteiger partial charge < -0.3 is 10.2 Å². The van der Waals surface area contributed by atoms with Gasteiger partial charge in [-0.2, -0.15) is 0 Å². The summed E-state index contributed by atoms with van der Waals surface area (Å²) in [5.41, 5.74) is 4.01. The molecule has 1 N–H and O–H groups in total. The molecule has 0 saturated carbocycles. The Balaban J connectivity index is 1.74. The average molecular weight is 553 g/mol. The molecule has 0 aliphatic heterocycles. The van der Waals surface area contributed by atoms with E-state index in [0.29, 0.717) is 11.4 Å². The Morgan fingerprint density at radius 2 is 1.32 bits per heavy atom. The highest BCUT2D eigenvalue weighted by molar-refractivity contribution is 6.30. The third-order valence-electron chi connectivity index (χ3n) is 7.30. The Morgan fingerprint density at radius 3 is 1.88 bits per heavy atom. The number of carbonyl (C=O) groups is 2. The molecule has 0 saturated heterocycles. The van der Waals surface area contributed by atoms with Gasteiger partial charge in [-0.15, -0.1) is 0 Å². The highest BCUT2D eigenvalue weighted by Gasteiger charge is 2.32. The van der Waals surface area contributed by atoms with Crippen LogP contribution < -0.4 is 5.32 Å². The predicted molar refractivity (Wildman–Crippen MR) is 163 cm³/mol. The molecular formula is C35H37ClN2O2. The summed E-state index contributed by atoms with van der Waals surface area (Å²) >= 11 is 6.33. The zero-order valence-electron chi connectivity index (χ0n) is 23.2. The molecule has 0 aliphatic carbocycles. The van der Waals surface area contributed by atoms with Crippen LogP contribution in [0.4, 0.5) is 0 Å². The summed E-state index contributed by atoms with van der Waals surface area (Å²) in [5.74, 6) is -0.380. The van der Waals surface area contributed by atoms with Gasteiger partial charge in [0.1, 0.15) is 6.04 Å². The first-order valence-corrected chi connectivity index (χ1v) is 14.3. The van der Waals surface area contributed by atoms with Crippen molar-refractivity contribution in [2.45, 2.75) is 57.7 Å². The maximum atomic E-state index is 14.4. The van der Waals surface area contributed by atoms with Crippen molar-refractivity contribution in [1.29, 1.82) is 0 Å². The standard InChI is InChI=1S/C35H37ClN2O2/c1-3-26(2)37-35(40)33(23-27-14-7-4-8-15-27)38(25-28-16-13-21-31(36)22-28)34(39)24-32(29-17-9-5-10-18-29)30-19-11-6-12-20-30/h4-22,26,32-33H,3,23-25H2,1-2H3,(H,37,40)/t26-,33-/m0/s1. The third kappa shape index (κ3) is 8.06. The van der Waals surface area contributed by atoms with E-state index >= 15 is 0 Å². The van der Waals surface area contributed by atoms with Gasteiger partial charge in [-0.25, -0.2) is 0 Å². The summed E-state index contributed by atoms with van der Waals surface area (Å²) in [6, 6.07) is 36.9. The molecule has 0 fully saturated rings. The first-order chi connectivity index (χ1) is 19.4. The zero-order chi connectivity index (χ0) is 28.3. The summed E-state index contributed by atoms with van der Waals surface area (Å²) in [4.78, 5) is 30.0. The van der Waals surface area contributed by atoms with Gasteiger partial charge in [0.2, 0.25) is 11.8 Å². The van der Waals surface area contributed by atoms with Crippen molar-refractivity contribution in [1.82, 2.24) is 10.2 Å². The van der Waals surface area contributed by atoms with Gasteiger partial charge in [-0.1, -0.05) is 122 Å². The Morgan fingerprint density at radius 1 is 0.775 bits per heavy atom. The molecule has 0 spiro atoms. The van der Waals surface area contributed by atoms with Crippen LogP contribution in [0, 0.1) is 0 Å². The van der Waals surface area contributed by atoms with Crippen LogP contribution in [-0.2, 0) is 22.6 Å². The molecule has 4 rings (SSSR count). The molecule has 4 nitrogen and oxygen atoms in total. The van der Waals surface area contributed by atoms with E-state index in [0.717, 1.165) is 28.7 Å². The molecule has 0 aromatic heterocycles. The number of halogens is 1. The predicted octanol–water partition coefficient (Wildman–Crippen LogP) is 7.42. The second-order valence-corrected chi connectivity index (χ2v) is 10.7. The van der Waals surface area contributed by atoms with Gasteiger partial charge in [0.15, 0.2) is 0 Å². The van der Waals surface area contributed by atoms with Crippen LogP contribution in [0.2, 0.25) is 5.02 Å². The lowest BCUT2D eigenvalue weighted by molar-refractivity contribution is -0.141. The van der Waals surface area contributed by atoms with E-state index < -0.39 is 6.04 Å². The maximum Gasteiger partial charge on any atom is 0.243 e. The van der Waals surface area contributed by atoms with Gasteiger partial charge in [0.05, 0.1) is 0 Å². The Hall–Kier alpha value is -3.89. The fourth-order valence-corrected chi connectivity index (χ4v) is 5.13. The Kier molecular flexibility index (Phi) is 10.5. The first-order valence-electron chi connectivity index (χ1n) is 13.9. The van der Waals surface area contributed by atoms with Crippen LogP contribution in [0.1, 0.15) is 54.9 Å². The minimum absolute atomic E-state index is 0.00437. The largest absolute Gasteiger partial charge is 0.352 e. The lowest BCUT2D eigenvalue weighted by Crippen LogP contribution is -2.52. The summed E-state index contributed by atoms with van der Waals surface area (Å²) < 4.78 is 0. The molecule has 0 radical (unpaired) electrons. The number of rotatable bonds is 12. The van der Waals surface area contributed by atoms with E-state index in [1.54, 1.807) is 4.90 Å². The molecule has 5 heteroatoms. The second kappa shape index (κ2) is 14.5. The fraction of sp³-hybridized carbons (Fsp3) is 0.257. The average Bonchev–Trinajstić information content (AvgIpc) is 2.99. The van der Waals surface area contributed by atoms with Crippen LogP contribution in [0.15, 0.2) is 115 Å². The maximum absolute atomic E-state index is 14.4. The SMILES string of the molecule is CC[C@H](C)NC(=O)[C@H](Cc1ccccc1)N(Cc1cccc(Cl)c1)C(=O)CC(c1ccccc1)c1ccccc1. The van der Waals surface area contributed by atoms with Crippen LogP contribution in [0.5, 0.6) is 0 Å². The zero-order valence-corrected chi connectivity index (χ0v) is 23.9. The first kappa shape index (κ1) is 29.1. The molecule has 2 atom stereocenters. The van der Waals surface area contributed by atoms with E-state index in [9.17, 15) is 9.59 Å². The minimum Gasteiger partial charge on any atom is -0.352 e. The van der Waals surface area contributed by atoms with Gasteiger partial charge in [-0.05, 0) is 47.7 Å². The molecule has 0 unspecified atom stereocenters. The van der Waals surface area contributed by atoms with Gasteiger partial charge >= 0.3 is 0 Å². The summed E-state index contributed by atoms with van der Waals surface area (Å²) in [6.07, 6.45) is 1.45. The van der Waals surface area contributed by atoms with E-state index in [4.69, 9.17) is 11.6 Å². The lowest BCUT2D eigenvalue weighted by atomic mass is 9.87. The van der Waals surface area contributed by atoms with Crippen molar-refractivity contribution in [3.05, 3.63) is 143 Å². The van der Waals surface area contributed by atoms with Gasteiger partial charge in [0, 0.05) is 36.4 Å². The molecule has 0 bridgehead atoms. The normalized spacial score (nSPS) is 12.5. The third-order valence-corrected chi connectivity index (χ3v) is 7.53. The highest BCUT2D eigenvalue weighted by atomic mass is 35.5. The van der Waals surface area contributed by atoms with Crippen LogP contribution in [0.3, 0.4) is 0 Å². The van der Waals surface area contributed by atoms with Crippen molar-refractivity contribution in [3.8, 4) is 0 Å². The number of hydrogen-bond acceptors (Lipinski definition) is 2. The number of benzene rings is 4. The van der Waals surface area contributed by atoms with Crippen molar-refractivity contribution in [3.63, 3.8) is 0 Å². The molecule has 4 aromatic carbocycles. The molecular weight excluding hydrogens is 516 g/mol. The van der Waals surface area contributed by atoms with Crippen LogP contribution in [-0.4, -0.2) is 28.8 Å². The molecule has 0 aliphatic rings. The number of carbonyl (C=O) groups excluding carboxylic acids is 2. The second-order valence-electron chi connectivity index (χ2n) is 10.3. The summed E-state index contributed by atoms with van der Waals surface area (Å²) in [7, 11) is 0. The molecule has 4 aromatic rings. The van der Waals surface area contributed by atoms with Crippen molar-refractivity contribution < 1.29 is 9.59 Å². The van der Waals surface area contributed by atoms with E-state index in [2.05, 4.69) is 29.6 Å². The number of hydrogen-bond donors (Lipinski definition) is 1. The van der Waals surface area contributed by atoms with Crippen molar-refractivity contribution >= 4 is 23.4 Å². The van der Waals surface area contributed by atoms with Crippen molar-refractivity contribution in [2.24, 2.45) is 0 Å². The fourth-order valence-electron chi connectivity index (χ4n) is 4.92.